The first kappa shape index (κ1) is 21.5. The van der Waals surface area contributed by atoms with Gasteiger partial charge in [0.1, 0.15) is 5.82 Å². The predicted molar refractivity (Wildman–Crippen MR) is 119 cm³/mol. The Morgan fingerprint density at radius 1 is 1.12 bits per heavy atom. The van der Waals surface area contributed by atoms with Crippen molar-refractivity contribution < 1.29 is 18.3 Å². The maximum absolute atomic E-state index is 14.0. The van der Waals surface area contributed by atoms with Gasteiger partial charge >= 0.3 is 0 Å². The number of nitrogens with two attached hydrogens (primary N) is 1. The Kier molecular flexibility index (Phi) is 6.46. The second-order valence-corrected chi connectivity index (χ2v) is 7.32. The van der Waals surface area contributed by atoms with E-state index in [2.05, 4.69) is 20.5 Å². The minimum atomic E-state index is -0.937. The van der Waals surface area contributed by atoms with Gasteiger partial charge in [-0.05, 0) is 30.3 Å². The van der Waals surface area contributed by atoms with E-state index in [0.717, 1.165) is 30.5 Å². The molecule has 1 amide bonds. The highest BCUT2D eigenvalue weighted by Crippen LogP contribution is 2.25. The molecule has 9 heteroatoms. The lowest BCUT2D eigenvalue weighted by molar-refractivity contribution is 0.100. The number of halogens is 2. The van der Waals surface area contributed by atoms with Gasteiger partial charge in [0.05, 0.1) is 24.5 Å². The number of carbonyl (C=O) groups excluding carboxylic acids is 1. The molecule has 166 valence electrons. The summed E-state index contributed by atoms with van der Waals surface area (Å²) in [6.45, 7) is 3.10. The van der Waals surface area contributed by atoms with Crippen LogP contribution in [-0.4, -0.2) is 37.2 Å². The molecular formula is C23H23F2N5O2. The number of ether oxygens (including phenoxy) is 1. The van der Waals surface area contributed by atoms with Crippen LogP contribution in [0.15, 0.2) is 54.7 Å². The fourth-order valence-electron chi connectivity index (χ4n) is 3.47. The first-order valence-electron chi connectivity index (χ1n) is 10.2. The number of hydrogen-bond donors (Lipinski definition) is 3. The number of hydrogen-bond acceptors (Lipinski definition) is 6. The Hall–Kier alpha value is -3.72. The fourth-order valence-corrected chi connectivity index (χ4v) is 3.47. The maximum atomic E-state index is 14.0. The van der Waals surface area contributed by atoms with Crippen LogP contribution in [-0.2, 0) is 11.3 Å². The lowest BCUT2D eigenvalue weighted by Gasteiger charge is -2.28. The molecule has 0 spiro atoms. The molecule has 0 saturated carbocycles. The highest BCUT2D eigenvalue weighted by molar-refractivity contribution is 5.98. The van der Waals surface area contributed by atoms with Gasteiger partial charge in [0.25, 0.3) is 5.91 Å². The van der Waals surface area contributed by atoms with Crippen molar-refractivity contribution in [1.82, 2.24) is 4.98 Å². The minimum absolute atomic E-state index is 0.0262. The number of primary amides is 1. The molecule has 2 heterocycles. The number of aromatic nitrogens is 1. The average Bonchev–Trinajstić information content (AvgIpc) is 2.81. The SMILES string of the molecule is NC(=O)c1cnc(Nc2ccc(N3CCOCC3)cc2)cc1NCc1cccc(F)c1F. The van der Waals surface area contributed by atoms with Crippen LogP contribution in [0.1, 0.15) is 15.9 Å². The number of anilines is 4. The molecule has 1 fully saturated rings. The Bertz CT molecular complexity index is 1100. The van der Waals surface area contributed by atoms with Crippen molar-refractivity contribution >= 4 is 28.8 Å². The molecule has 3 aromatic rings. The van der Waals surface area contributed by atoms with Crippen LogP contribution in [0.2, 0.25) is 0 Å². The Labute approximate surface area is 184 Å². The van der Waals surface area contributed by atoms with Crippen LogP contribution in [0.5, 0.6) is 0 Å². The average molecular weight is 439 g/mol. The second-order valence-electron chi connectivity index (χ2n) is 7.32. The third-order valence-electron chi connectivity index (χ3n) is 5.19. The van der Waals surface area contributed by atoms with Gasteiger partial charge in [0, 0.05) is 48.8 Å². The molecule has 0 radical (unpaired) electrons. The molecule has 32 heavy (non-hydrogen) atoms. The second kappa shape index (κ2) is 9.61. The van der Waals surface area contributed by atoms with E-state index in [1.165, 1.54) is 18.3 Å². The third kappa shape index (κ3) is 4.94. The van der Waals surface area contributed by atoms with E-state index in [9.17, 15) is 13.6 Å². The van der Waals surface area contributed by atoms with Crippen molar-refractivity contribution in [3.8, 4) is 0 Å². The van der Waals surface area contributed by atoms with Crippen LogP contribution in [0.25, 0.3) is 0 Å². The summed E-state index contributed by atoms with van der Waals surface area (Å²) in [7, 11) is 0. The number of carbonyl (C=O) groups is 1. The van der Waals surface area contributed by atoms with Gasteiger partial charge in [0.15, 0.2) is 11.6 Å². The topological polar surface area (TPSA) is 92.5 Å². The number of pyridine rings is 1. The van der Waals surface area contributed by atoms with E-state index in [1.54, 1.807) is 6.07 Å². The van der Waals surface area contributed by atoms with Crippen molar-refractivity contribution in [2.45, 2.75) is 6.54 Å². The van der Waals surface area contributed by atoms with Gasteiger partial charge in [-0.25, -0.2) is 13.8 Å². The van der Waals surface area contributed by atoms with E-state index in [1.807, 2.05) is 24.3 Å². The van der Waals surface area contributed by atoms with Crippen LogP contribution in [0.3, 0.4) is 0 Å². The van der Waals surface area contributed by atoms with Crippen molar-refractivity contribution in [1.29, 1.82) is 0 Å². The van der Waals surface area contributed by atoms with Crippen LogP contribution in [0.4, 0.5) is 31.7 Å². The van der Waals surface area contributed by atoms with Gasteiger partial charge < -0.3 is 26.0 Å². The molecule has 4 N–H and O–H groups in total. The normalized spacial score (nSPS) is 13.6. The molecule has 0 atom stereocenters. The molecule has 0 aliphatic carbocycles. The van der Waals surface area contributed by atoms with Crippen LogP contribution < -0.4 is 21.3 Å². The molecule has 1 aliphatic rings. The van der Waals surface area contributed by atoms with Crippen LogP contribution in [0, 0.1) is 11.6 Å². The van der Waals surface area contributed by atoms with E-state index in [0.29, 0.717) is 24.7 Å². The largest absolute Gasteiger partial charge is 0.380 e. The van der Waals surface area contributed by atoms with Gasteiger partial charge in [-0.2, -0.15) is 0 Å². The summed E-state index contributed by atoms with van der Waals surface area (Å²) < 4.78 is 32.8. The molecular weight excluding hydrogens is 416 g/mol. The molecule has 0 unspecified atom stereocenters. The first-order valence-corrected chi connectivity index (χ1v) is 10.2. The summed E-state index contributed by atoms with van der Waals surface area (Å²) in [5.74, 6) is -2.08. The molecule has 0 bridgehead atoms. The molecule has 2 aromatic carbocycles. The summed E-state index contributed by atoms with van der Waals surface area (Å²) in [5.41, 5.74) is 8.00. The summed E-state index contributed by atoms with van der Waals surface area (Å²) in [4.78, 5) is 18.3. The number of benzene rings is 2. The minimum Gasteiger partial charge on any atom is -0.380 e. The predicted octanol–water partition coefficient (Wildman–Crippen LogP) is 3.65. The zero-order valence-corrected chi connectivity index (χ0v) is 17.3. The zero-order chi connectivity index (χ0) is 22.5. The summed E-state index contributed by atoms with van der Waals surface area (Å²) >= 11 is 0. The fraction of sp³-hybridized carbons (Fsp3) is 0.217. The van der Waals surface area contributed by atoms with Gasteiger partial charge in [0.2, 0.25) is 0 Å². The number of nitrogens with one attached hydrogen (secondary N) is 2. The van der Waals surface area contributed by atoms with Crippen molar-refractivity contribution in [3.63, 3.8) is 0 Å². The number of nitrogens with zero attached hydrogens (tertiary/aromatic N) is 2. The van der Waals surface area contributed by atoms with Crippen molar-refractivity contribution in [2.75, 3.05) is 41.8 Å². The Morgan fingerprint density at radius 2 is 1.88 bits per heavy atom. The standard InChI is InChI=1S/C23H23F2N5O2/c24-19-3-1-2-15(22(19)25)13-27-20-12-21(28-14-18(20)23(26)31)29-16-4-6-17(7-5-16)30-8-10-32-11-9-30/h1-7,12,14H,8-11,13H2,(H2,26,31)(H2,27,28,29). The molecule has 7 nitrogen and oxygen atoms in total. The van der Waals surface area contributed by atoms with E-state index in [4.69, 9.17) is 10.5 Å². The highest BCUT2D eigenvalue weighted by Gasteiger charge is 2.14. The first-order chi connectivity index (χ1) is 15.5. The summed E-state index contributed by atoms with van der Waals surface area (Å²) in [6.07, 6.45) is 1.34. The van der Waals surface area contributed by atoms with E-state index in [-0.39, 0.29) is 17.7 Å². The highest BCUT2D eigenvalue weighted by atomic mass is 19.2. The number of morpholine rings is 1. The Morgan fingerprint density at radius 3 is 2.59 bits per heavy atom. The van der Waals surface area contributed by atoms with E-state index < -0.39 is 17.5 Å². The van der Waals surface area contributed by atoms with Crippen molar-refractivity contribution in [2.24, 2.45) is 5.73 Å². The van der Waals surface area contributed by atoms with Gasteiger partial charge in [-0.1, -0.05) is 12.1 Å². The summed E-state index contributed by atoms with van der Waals surface area (Å²) in [6, 6.07) is 13.4. The Balaban J connectivity index is 1.49. The molecule has 1 aromatic heterocycles. The number of rotatable bonds is 7. The molecule has 1 saturated heterocycles. The lowest BCUT2D eigenvalue weighted by Crippen LogP contribution is -2.36. The van der Waals surface area contributed by atoms with Gasteiger partial charge in [-0.15, -0.1) is 0 Å². The van der Waals surface area contributed by atoms with E-state index >= 15 is 0 Å². The maximum Gasteiger partial charge on any atom is 0.252 e. The van der Waals surface area contributed by atoms with Gasteiger partial charge in [-0.3, -0.25) is 4.79 Å². The molecule has 1 aliphatic heterocycles. The smallest absolute Gasteiger partial charge is 0.252 e. The zero-order valence-electron chi connectivity index (χ0n) is 17.3. The molecule has 4 rings (SSSR count). The van der Waals surface area contributed by atoms with Crippen LogP contribution >= 0.6 is 0 Å². The monoisotopic (exact) mass is 439 g/mol. The summed E-state index contributed by atoms with van der Waals surface area (Å²) in [5, 5.41) is 6.13. The quantitative estimate of drug-likeness (QED) is 0.521. The number of amides is 1. The van der Waals surface area contributed by atoms with Crippen molar-refractivity contribution in [3.05, 3.63) is 77.5 Å². The lowest BCUT2D eigenvalue weighted by atomic mass is 10.1. The third-order valence-corrected chi connectivity index (χ3v) is 5.19.